The van der Waals surface area contributed by atoms with Crippen LogP contribution in [0.15, 0.2) is 12.1 Å². The van der Waals surface area contributed by atoms with Crippen molar-refractivity contribution >= 4 is 54.7 Å². The first-order chi connectivity index (χ1) is 21.8. The summed E-state index contributed by atoms with van der Waals surface area (Å²) in [7, 11) is 0. The van der Waals surface area contributed by atoms with Crippen molar-refractivity contribution < 1.29 is 22.6 Å². The maximum atomic E-state index is 17.1. The van der Waals surface area contributed by atoms with Crippen molar-refractivity contribution in [2.24, 2.45) is 0 Å². The van der Waals surface area contributed by atoms with Crippen molar-refractivity contribution in [2.45, 2.75) is 43.4 Å². The normalized spacial score (nSPS) is 24.6. The van der Waals surface area contributed by atoms with Crippen LogP contribution in [0.2, 0.25) is 5.02 Å². The van der Waals surface area contributed by atoms with Gasteiger partial charge >= 0.3 is 6.01 Å². The van der Waals surface area contributed by atoms with E-state index in [2.05, 4.69) is 20.1 Å². The van der Waals surface area contributed by atoms with Crippen LogP contribution >= 0.6 is 22.9 Å². The van der Waals surface area contributed by atoms with Crippen LogP contribution in [-0.2, 0) is 0 Å². The van der Waals surface area contributed by atoms with E-state index < -0.39 is 23.3 Å². The van der Waals surface area contributed by atoms with Crippen molar-refractivity contribution in [2.75, 3.05) is 56.6 Å². The fraction of sp³-hybridized carbons (Fsp3) is 0.452. The van der Waals surface area contributed by atoms with E-state index in [1.54, 1.807) is 0 Å². The molecule has 2 aromatic heterocycles. The van der Waals surface area contributed by atoms with Crippen LogP contribution in [0.3, 0.4) is 0 Å². The Kier molecular flexibility index (Phi) is 6.90. The van der Waals surface area contributed by atoms with Gasteiger partial charge in [0.2, 0.25) is 0 Å². The number of fused-ring (bicyclic) bond motifs is 4. The molecule has 4 aliphatic heterocycles. The SMILES string of the molecule is N#Cc1c(N)sc2c(F)ccc(-c3c(Cl)c4c5c(nc(OC[C@@]67CCCN6C[C@H](F)C7)nc5c3F)N3CCNCCC3CO4)c12. The number of hydrogen-bond donors (Lipinski definition) is 2. The molecule has 0 bridgehead atoms. The van der Waals surface area contributed by atoms with Crippen molar-refractivity contribution in [3.05, 3.63) is 34.4 Å². The highest BCUT2D eigenvalue weighted by Crippen LogP contribution is 2.51. The number of rotatable bonds is 4. The van der Waals surface area contributed by atoms with E-state index in [4.69, 9.17) is 31.8 Å². The van der Waals surface area contributed by atoms with Gasteiger partial charge in [-0.3, -0.25) is 4.90 Å². The second-order valence-corrected chi connectivity index (χ2v) is 13.6. The topological polar surface area (TPSA) is 113 Å². The molecule has 4 aromatic rings. The summed E-state index contributed by atoms with van der Waals surface area (Å²) in [6.07, 6.45) is 1.93. The molecule has 14 heteroatoms. The third kappa shape index (κ3) is 4.40. The minimum atomic E-state index is -0.930. The molecular formula is C31H29ClF3N7O2S. The summed E-state index contributed by atoms with van der Waals surface area (Å²) in [5, 5.41) is 13.9. The van der Waals surface area contributed by atoms with Crippen LogP contribution in [0.25, 0.3) is 32.1 Å². The maximum Gasteiger partial charge on any atom is 0.319 e. The summed E-state index contributed by atoms with van der Waals surface area (Å²) in [6, 6.07) is 4.51. The molecule has 3 fully saturated rings. The number of thiophene rings is 1. The summed E-state index contributed by atoms with van der Waals surface area (Å²) < 4.78 is 59.2. The van der Waals surface area contributed by atoms with E-state index in [0.29, 0.717) is 37.3 Å². The zero-order chi connectivity index (χ0) is 31.0. The van der Waals surface area contributed by atoms with Crippen LogP contribution < -0.4 is 25.4 Å². The molecule has 3 atom stereocenters. The minimum absolute atomic E-state index is 0.0289. The third-order valence-electron chi connectivity index (χ3n) is 9.69. The lowest BCUT2D eigenvalue weighted by Crippen LogP contribution is -2.43. The fourth-order valence-electron chi connectivity index (χ4n) is 7.60. The highest BCUT2D eigenvalue weighted by molar-refractivity contribution is 7.23. The molecule has 3 saturated heterocycles. The van der Waals surface area contributed by atoms with Gasteiger partial charge in [0.15, 0.2) is 11.6 Å². The number of nitriles is 1. The number of anilines is 2. The molecule has 9 nitrogen and oxygen atoms in total. The van der Waals surface area contributed by atoms with Crippen LogP contribution in [0.5, 0.6) is 11.8 Å². The Morgan fingerprint density at radius 3 is 2.96 bits per heavy atom. The number of benzene rings is 2. The Balaban J connectivity index is 1.35. The van der Waals surface area contributed by atoms with Crippen molar-refractivity contribution in [3.8, 4) is 29.0 Å². The van der Waals surface area contributed by atoms with Gasteiger partial charge in [-0.1, -0.05) is 17.7 Å². The van der Waals surface area contributed by atoms with Crippen LogP contribution in [-0.4, -0.2) is 78.6 Å². The molecule has 0 radical (unpaired) electrons. The Morgan fingerprint density at radius 1 is 1.24 bits per heavy atom. The van der Waals surface area contributed by atoms with Gasteiger partial charge in [-0.15, -0.1) is 11.3 Å². The van der Waals surface area contributed by atoms with E-state index >= 15 is 4.39 Å². The quantitative estimate of drug-likeness (QED) is 0.298. The molecule has 3 N–H and O–H groups in total. The summed E-state index contributed by atoms with van der Waals surface area (Å²) in [5.74, 6) is -0.709. The molecule has 234 valence electrons. The molecular weight excluding hydrogens is 627 g/mol. The van der Waals surface area contributed by atoms with Gasteiger partial charge in [-0.2, -0.15) is 15.2 Å². The molecule has 1 unspecified atom stereocenters. The largest absolute Gasteiger partial charge is 0.489 e. The molecule has 0 aliphatic carbocycles. The van der Waals surface area contributed by atoms with Crippen molar-refractivity contribution in [3.63, 3.8) is 0 Å². The van der Waals surface area contributed by atoms with E-state index in [1.165, 1.54) is 12.1 Å². The molecule has 2 aromatic carbocycles. The summed E-state index contributed by atoms with van der Waals surface area (Å²) in [6.45, 7) is 3.64. The lowest BCUT2D eigenvalue weighted by Gasteiger charge is -2.31. The van der Waals surface area contributed by atoms with Gasteiger partial charge in [0.05, 0.1) is 32.3 Å². The molecule has 6 heterocycles. The third-order valence-corrected chi connectivity index (χ3v) is 11.1. The van der Waals surface area contributed by atoms with E-state index in [0.717, 1.165) is 43.7 Å². The number of nitrogens with two attached hydrogens (primary N) is 1. The zero-order valence-corrected chi connectivity index (χ0v) is 25.7. The van der Waals surface area contributed by atoms with Crippen molar-refractivity contribution in [1.82, 2.24) is 20.2 Å². The Bertz CT molecular complexity index is 1920. The molecule has 45 heavy (non-hydrogen) atoms. The lowest BCUT2D eigenvalue weighted by atomic mass is 9.95. The van der Waals surface area contributed by atoms with Gasteiger partial charge in [-0.25, -0.2) is 13.2 Å². The van der Waals surface area contributed by atoms with Gasteiger partial charge in [0.25, 0.3) is 0 Å². The van der Waals surface area contributed by atoms with Crippen molar-refractivity contribution in [1.29, 1.82) is 5.26 Å². The summed E-state index contributed by atoms with van der Waals surface area (Å²) in [4.78, 5) is 13.6. The predicted molar refractivity (Wildman–Crippen MR) is 167 cm³/mol. The molecule has 0 spiro atoms. The number of halogens is 4. The monoisotopic (exact) mass is 655 g/mol. The number of nitrogens with zero attached hydrogens (tertiary/aromatic N) is 5. The van der Waals surface area contributed by atoms with Gasteiger partial charge in [0, 0.05) is 37.0 Å². The highest BCUT2D eigenvalue weighted by Gasteiger charge is 2.49. The first-order valence-corrected chi connectivity index (χ1v) is 16.2. The molecule has 4 aliphatic rings. The summed E-state index contributed by atoms with van der Waals surface area (Å²) >= 11 is 7.93. The second kappa shape index (κ2) is 10.8. The minimum Gasteiger partial charge on any atom is -0.489 e. The molecule has 0 saturated carbocycles. The van der Waals surface area contributed by atoms with Gasteiger partial charge in [-0.05, 0) is 44.0 Å². The number of alkyl halides is 1. The lowest BCUT2D eigenvalue weighted by molar-refractivity contribution is 0.107. The number of ether oxygens (including phenoxy) is 2. The van der Waals surface area contributed by atoms with E-state index in [1.807, 2.05) is 6.07 Å². The van der Waals surface area contributed by atoms with Gasteiger partial charge < -0.3 is 25.4 Å². The molecule has 0 amide bonds. The first-order valence-electron chi connectivity index (χ1n) is 15.1. The van der Waals surface area contributed by atoms with E-state index in [9.17, 15) is 14.0 Å². The Hall–Kier alpha value is -3.57. The van der Waals surface area contributed by atoms with Crippen LogP contribution in [0.1, 0.15) is 31.2 Å². The summed E-state index contributed by atoms with van der Waals surface area (Å²) in [5.41, 5.74) is 5.73. The predicted octanol–water partition coefficient (Wildman–Crippen LogP) is 5.41. The number of nitrogens with one attached hydrogen (secondary N) is 1. The molecule has 8 rings (SSSR count). The van der Waals surface area contributed by atoms with Gasteiger partial charge in [0.1, 0.15) is 47.6 Å². The van der Waals surface area contributed by atoms with Crippen LogP contribution in [0.4, 0.5) is 24.0 Å². The fourth-order valence-corrected chi connectivity index (χ4v) is 8.88. The highest BCUT2D eigenvalue weighted by atomic mass is 35.5. The smallest absolute Gasteiger partial charge is 0.319 e. The van der Waals surface area contributed by atoms with Crippen LogP contribution in [0, 0.1) is 23.0 Å². The standard InChI is InChI=1S/C31H29ClF3N7O2S/c32-23-21(17-2-3-19(34)27-20(17)18(11-36)28(37)45-27)24(35)25-22-26(23)43-13-16-4-6-38-7-9-42(16)29(22)40-30(39-25)44-14-31-5-1-8-41(31)12-15(33)10-31/h2-3,15-16,38H,1,4-10,12-14,37H2/t15-,16?,31+/m1/s1. The first kappa shape index (κ1) is 28.9. The second-order valence-electron chi connectivity index (χ2n) is 12.2. The maximum absolute atomic E-state index is 17.1. The number of hydrogen-bond acceptors (Lipinski definition) is 10. The number of nitrogen functional groups attached to an aromatic ring is 1. The average molecular weight is 656 g/mol. The number of aromatic nitrogens is 2. The average Bonchev–Trinajstić information content (AvgIpc) is 3.55. The zero-order valence-electron chi connectivity index (χ0n) is 24.1. The van der Waals surface area contributed by atoms with E-state index in [-0.39, 0.29) is 73.3 Å². The Labute approximate surface area is 265 Å². The Morgan fingerprint density at radius 2 is 2.11 bits per heavy atom.